The quantitative estimate of drug-likeness (QED) is 0.795. The maximum atomic E-state index is 12.6. The van der Waals surface area contributed by atoms with Crippen molar-refractivity contribution in [3.8, 4) is 0 Å². The minimum Gasteiger partial charge on any atom is -0.340 e. The van der Waals surface area contributed by atoms with Crippen LogP contribution in [0.1, 0.15) is 33.1 Å². The van der Waals surface area contributed by atoms with Gasteiger partial charge in [-0.05, 0) is 32.1 Å². The van der Waals surface area contributed by atoms with E-state index in [2.05, 4.69) is 5.32 Å². The van der Waals surface area contributed by atoms with E-state index in [-0.39, 0.29) is 24.3 Å². The molecule has 2 aliphatic rings. The van der Waals surface area contributed by atoms with Crippen LogP contribution in [0.5, 0.6) is 0 Å². The number of nitrogens with zero attached hydrogens (tertiary/aromatic N) is 1. The van der Waals surface area contributed by atoms with E-state index in [1.54, 1.807) is 6.92 Å². The Balaban J connectivity index is 2.25. The molecule has 2 unspecified atom stereocenters. The summed E-state index contributed by atoms with van der Waals surface area (Å²) in [5, 5.41) is 2.80. The summed E-state index contributed by atoms with van der Waals surface area (Å²) in [6, 6.07) is -0.446. The van der Waals surface area contributed by atoms with E-state index in [1.165, 1.54) is 4.90 Å². The topological polar surface area (TPSA) is 49.4 Å². The summed E-state index contributed by atoms with van der Waals surface area (Å²) in [5.41, 5.74) is -0.863. The Bertz CT molecular complexity index is 343. The first-order valence-electron chi connectivity index (χ1n) is 6.22. The van der Waals surface area contributed by atoms with Crippen molar-refractivity contribution in [1.29, 1.82) is 0 Å². The molecule has 0 spiro atoms. The van der Waals surface area contributed by atoms with E-state index >= 15 is 0 Å². The molecule has 0 aromatic heterocycles. The van der Waals surface area contributed by atoms with Gasteiger partial charge in [-0.15, -0.1) is 0 Å². The third kappa shape index (κ3) is 2.03. The van der Waals surface area contributed by atoms with Crippen LogP contribution in [0.25, 0.3) is 0 Å². The van der Waals surface area contributed by atoms with E-state index in [0.29, 0.717) is 6.42 Å². The van der Waals surface area contributed by atoms with Crippen LogP contribution in [0.2, 0.25) is 0 Å². The molecule has 2 fully saturated rings. The van der Waals surface area contributed by atoms with Crippen molar-refractivity contribution in [2.75, 3.05) is 13.2 Å². The van der Waals surface area contributed by atoms with Crippen molar-refractivity contribution in [3.63, 3.8) is 0 Å². The molecular formula is C12H19FN2O2. The first-order valence-corrected chi connectivity index (χ1v) is 6.22. The first-order chi connectivity index (χ1) is 8.03. The number of hydrogen-bond donors (Lipinski definition) is 1. The summed E-state index contributed by atoms with van der Waals surface area (Å²) in [6.07, 6.45) is 2.44. The lowest BCUT2D eigenvalue weighted by Crippen LogP contribution is -2.69. The summed E-state index contributed by atoms with van der Waals surface area (Å²) in [5.74, 6) is -0.0362. The highest BCUT2D eigenvalue weighted by molar-refractivity contribution is 5.99. The molecule has 2 amide bonds. The minimum atomic E-state index is -0.863. The highest BCUT2D eigenvalue weighted by Gasteiger charge is 2.51. The summed E-state index contributed by atoms with van der Waals surface area (Å²) in [4.78, 5) is 25.8. The van der Waals surface area contributed by atoms with Gasteiger partial charge in [0.25, 0.3) is 0 Å². The maximum Gasteiger partial charge on any atom is 0.248 e. The highest BCUT2D eigenvalue weighted by atomic mass is 19.1. The van der Waals surface area contributed by atoms with Gasteiger partial charge in [-0.2, -0.15) is 0 Å². The molecule has 96 valence electrons. The van der Waals surface area contributed by atoms with E-state index in [4.69, 9.17) is 0 Å². The number of carbonyl (C=O) groups is 2. The molecule has 5 heteroatoms. The van der Waals surface area contributed by atoms with Gasteiger partial charge in [0.05, 0.1) is 0 Å². The molecular weight excluding hydrogens is 223 g/mol. The van der Waals surface area contributed by atoms with Gasteiger partial charge < -0.3 is 10.2 Å². The molecule has 1 N–H and O–H groups in total. The molecule has 2 atom stereocenters. The highest BCUT2D eigenvalue weighted by Crippen LogP contribution is 2.38. The lowest BCUT2D eigenvalue weighted by Gasteiger charge is -2.44. The third-order valence-corrected chi connectivity index (χ3v) is 3.84. The molecule has 1 heterocycles. The number of hydrogen-bond acceptors (Lipinski definition) is 2. The number of rotatable bonds is 4. The molecule has 1 saturated carbocycles. The Morgan fingerprint density at radius 3 is 2.59 bits per heavy atom. The van der Waals surface area contributed by atoms with Crippen molar-refractivity contribution in [1.82, 2.24) is 10.2 Å². The number of carbonyl (C=O) groups excluding carboxylic acids is 2. The molecule has 0 aromatic carbocycles. The van der Waals surface area contributed by atoms with Crippen LogP contribution in [-0.4, -0.2) is 41.5 Å². The van der Waals surface area contributed by atoms with E-state index in [1.807, 2.05) is 6.92 Å². The second-order valence-electron chi connectivity index (χ2n) is 5.14. The smallest absolute Gasteiger partial charge is 0.248 e. The standard InChI is InChI=1S/C12H19FN2O2/c1-3-12(2)11(17)15(7-6-13)9(8-4-5-8)10(16)14-12/h8-9H,3-7H2,1-2H3,(H,14,16). The average Bonchev–Trinajstić information content (AvgIpc) is 3.10. The second-order valence-corrected chi connectivity index (χ2v) is 5.14. The van der Waals surface area contributed by atoms with E-state index in [0.717, 1.165) is 12.8 Å². The number of piperazine rings is 1. The second kappa shape index (κ2) is 4.27. The van der Waals surface area contributed by atoms with Gasteiger partial charge in [0.1, 0.15) is 18.3 Å². The number of amides is 2. The fourth-order valence-corrected chi connectivity index (χ4v) is 2.44. The van der Waals surface area contributed by atoms with Crippen molar-refractivity contribution in [3.05, 3.63) is 0 Å². The molecule has 1 aliphatic carbocycles. The van der Waals surface area contributed by atoms with Gasteiger partial charge in [0, 0.05) is 6.54 Å². The van der Waals surface area contributed by atoms with Crippen LogP contribution in [0, 0.1) is 5.92 Å². The van der Waals surface area contributed by atoms with Gasteiger partial charge >= 0.3 is 0 Å². The minimum absolute atomic E-state index is 0.0308. The molecule has 4 nitrogen and oxygen atoms in total. The maximum absolute atomic E-state index is 12.6. The molecule has 0 bridgehead atoms. The summed E-state index contributed by atoms with van der Waals surface area (Å²) < 4.78 is 12.6. The molecule has 0 aromatic rings. The molecule has 1 saturated heterocycles. The predicted molar refractivity (Wildman–Crippen MR) is 61.0 cm³/mol. The Kier molecular flexibility index (Phi) is 3.10. The largest absolute Gasteiger partial charge is 0.340 e. The van der Waals surface area contributed by atoms with Gasteiger partial charge in [0.15, 0.2) is 0 Å². The molecule has 2 rings (SSSR count). The zero-order valence-corrected chi connectivity index (χ0v) is 10.3. The Hall–Kier alpha value is -1.13. The van der Waals surface area contributed by atoms with E-state index in [9.17, 15) is 14.0 Å². The zero-order chi connectivity index (χ0) is 12.6. The van der Waals surface area contributed by atoms with Crippen molar-refractivity contribution in [2.24, 2.45) is 5.92 Å². The summed E-state index contributed by atoms with van der Waals surface area (Å²) >= 11 is 0. The predicted octanol–water partition coefficient (Wildman–Crippen LogP) is 0.862. The molecule has 1 aliphatic heterocycles. The lowest BCUT2D eigenvalue weighted by atomic mass is 9.90. The van der Waals surface area contributed by atoms with Crippen LogP contribution >= 0.6 is 0 Å². The fraction of sp³-hybridized carbons (Fsp3) is 0.833. The normalized spacial score (nSPS) is 33.8. The molecule has 17 heavy (non-hydrogen) atoms. The summed E-state index contributed by atoms with van der Waals surface area (Å²) in [7, 11) is 0. The van der Waals surface area contributed by atoms with Crippen molar-refractivity contribution in [2.45, 2.75) is 44.7 Å². The van der Waals surface area contributed by atoms with Crippen LogP contribution in [0.15, 0.2) is 0 Å². The van der Waals surface area contributed by atoms with E-state index < -0.39 is 18.3 Å². The van der Waals surface area contributed by atoms with Crippen molar-refractivity contribution < 1.29 is 14.0 Å². The van der Waals surface area contributed by atoms with Gasteiger partial charge in [-0.25, -0.2) is 4.39 Å². The Labute approximate surface area is 101 Å². The van der Waals surface area contributed by atoms with Crippen LogP contribution in [0.4, 0.5) is 4.39 Å². The molecule has 0 radical (unpaired) electrons. The zero-order valence-electron chi connectivity index (χ0n) is 10.3. The van der Waals surface area contributed by atoms with Crippen LogP contribution in [-0.2, 0) is 9.59 Å². The Morgan fingerprint density at radius 2 is 2.12 bits per heavy atom. The van der Waals surface area contributed by atoms with Gasteiger partial charge in [-0.3, -0.25) is 9.59 Å². The third-order valence-electron chi connectivity index (χ3n) is 3.84. The van der Waals surface area contributed by atoms with Crippen molar-refractivity contribution >= 4 is 11.8 Å². The number of alkyl halides is 1. The van der Waals surface area contributed by atoms with Gasteiger partial charge in [-0.1, -0.05) is 6.92 Å². The lowest BCUT2D eigenvalue weighted by molar-refractivity contribution is -0.155. The fourth-order valence-electron chi connectivity index (χ4n) is 2.44. The van der Waals surface area contributed by atoms with Gasteiger partial charge in [0.2, 0.25) is 11.8 Å². The SMILES string of the molecule is CCC1(C)NC(=O)C(C2CC2)N(CCF)C1=O. The van der Waals surface area contributed by atoms with Crippen LogP contribution in [0.3, 0.4) is 0 Å². The number of nitrogens with one attached hydrogen (secondary N) is 1. The monoisotopic (exact) mass is 242 g/mol. The number of halogens is 1. The van der Waals surface area contributed by atoms with Crippen LogP contribution < -0.4 is 5.32 Å². The Morgan fingerprint density at radius 1 is 1.47 bits per heavy atom. The first kappa shape index (κ1) is 12.3. The summed E-state index contributed by atoms with van der Waals surface area (Å²) in [6.45, 7) is 3.00. The average molecular weight is 242 g/mol.